The number of methoxy groups -OCH3 is 1. The Kier molecular flexibility index (Phi) is 4.07. The van der Waals surface area contributed by atoms with Crippen LogP contribution < -0.4 is 5.32 Å². The SMILES string of the molecule is COC[C@H](C)NC(=O)[C@H]1Cc2ccccc2S1. The molecule has 0 unspecified atom stereocenters. The molecule has 2 rings (SSSR count). The normalized spacial score (nSPS) is 19.8. The van der Waals surface area contributed by atoms with Crippen LogP contribution in [-0.4, -0.2) is 30.9 Å². The molecule has 2 atom stereocenters. The number of benzene rings is 1. The van der Waals surface area contributed by atoms with Gasteiger partial charge in [0.2, 0.25) is 5.91 Å². The number of amides is 1. The maximum Gasteiger partial charge on any atom is 0.234 e. The average Bonchev–Trinajstić information content (AvgIpc) is 2.72. The van der Waals surface area contributed by atoms with E-state index < -0.39 is 0 Å². The predicted molar refractivity (Wildman–Crippen MR) is 69.3 cm³/mol. The van der Waals surface area contributed by atoms with Gasteiger partial charge in [-0.15, -0.1) is 11.8 Å². The molecule has 0 spiro atoms. The van der Waals surface area contributed by atoms with Gasteiger partial charge < -0.3 is 10.1 Å². The van der Waals surface area contributed by atoms with Crippen LogP contribution in [0, 0.1) is 0 Å². The molecule has 92 valence electrons. The maximum atomic E-state index is 12.0. The van der Waals surface area contributed by atoms with Crippen molar-refractivity contribution in [1.82, 2.24) is 5.32 Å². The molecule has 0 saturated carbocycles. The van der Waals surface area contributed by atoms with Gasteiger partial charge in [-0.2, -0.15) is 0 Å². The first-order chi connectivity index (χ1) is 8.20. The minimum atomic E-state index is 0.00621. The summed E-state index contributed by atoms with van der Waals surface area (Å²) in [6, 6.07) is 8.27. The number of nitrogens with one attached hydrogen (secondary N) is 1. The average molecular weight is 251 g/mol. The highest BCUT2D eigenvalue weighted by Crippen LogP contribution is 2.36. The minimum absolute atomic E-state index is 0.00621. The standard InChI is InChI=1S/C13H17NO2S/c1-9(8-16-2)14-13(15)12-7-10-5-3-4-6-11(10)17-12/h3-6,9,12H,7-8H2,1-2H3,(H,14,15)/t9-,12+/m0/s1. The van der Waals surface area contributed by atoms with Crippen molar-refractivity contribution in [1.29, 1.82) is 0 Å². The Morgan fingerprint density at radius 3 is 3.06 bits per heavy atom. The van der Waals surface area contributed by atoms with Crippen molar-refractivity contribution < 1.29 is 9.53 Å². The third-order valence-electron chi connectivity index (χ3n) is 2.74. The van der Waals surface area contributed by atoms with E-state index in [9.17, 15) is 4.79 Å². The predicted octanol–water partition coefficient (Wildman–Crippen LogP) is 1.85. The number of hydrogen-bond acceptors (Lipinski definition) is 3. The van der Waals surface area contributed by atoms with Crippen LogP contribution >= 0.6 is 11.8 Å². The zero-order valence-corrected chi connectivity index (χ0v) is 10.9. The molecule has 0 saturated heterocycles. The summed E-state index contributed by atoms with van der Waals surface area (Å²) >= 11 is 1.65. The van der Waals surface area contributed by atoms with Gasteiger partial charge in [-0.05, 0) is 25.0 Å². The van der Waals surface area contributed by atoms with Gasteiger partial charge in [-0.3, -0.25) is 4.79 Å². The zero-order chi connectivity index (χ0) is 12.3. The highest BCUT2D eigenvalue weighted by atomic mass is 32.2. The van der Waals surface area contributed by atoms with E-state index in [0.29, 0.717) is 6.61 Å². The lowest BCUT2D eigenvalue weighted by Crippen LogP contribution is -2.40. The maximum absolute atomic E-state index is 12.0. The summed E-state index contributed by atoms with van der Waals surface area (Å²) in [6.45, 7) is 2.50. The molecule has 1 aromatic carbocycles. The molecule has 0 aromatic heterocycles. The topological polar surface area (TPSA) is 38.3 Å². The smallest absolute Gasteiger partial charge is 0.234 e. The van der Waals surface area contributed by atoms with E-state index in [1.165, 1.54) is 10.5 Å². The van der Waals surface area contributed by atoms with Crippen molar-refractivity contribution in [3.8, 4) is 0 Å². The second kappa shape index (κ2) is 5.56. The van der Waals surface area contributed by atoms with Gasteiger partial charge in [0.05, 0.1) is 11.9 Å². The Hall–Kier alpha value is -1.00. The first kappa shape index (κ1) is 12.5. The number of thioether (sulfide) groups is 1. The van der Waals surface area contributed by atoms with Crippen molar-refractivity contribution in [2.24, 2.45) is 0 Å². The first-order valence-corrected chi connectivity index (χ1v) is 6.62. The summed E-state index contributed by atoms with van der Waals surface area (Å²) in [5.41, 5.74) is 1.28. The van der Waals surface area contributed by atoms with Crippen LogP contribution in [-0.2, 0) is 16.0 Å². The summed E-state index contributed by atoms with van der Waals surface area (Å²) in [6.07, 6.45) is 0.826. The van der Waals surface area contributed by atoms with Crippen LogP contribution in [0.25, 0.3) is 0 Å². The molecule has 0 bridgehead atoms. The molecule has 1 aromatic rings. The summed E-state index contributed by atoms with van der Waals surface area (Å²) in [5, 5.41) is 2.98. The molecule has 1 amide bonds. The Balaban J connectivity index is 1.92. The number of hydrogen-bond donors (Lipinski definition) is 1. The first-order valence-electron chi connectivity index (χ1n) is 5.74. The fourth-order valence-electron chi connectivity index (χ4n) is 1.96. The van der Waals surface area contributed by atoms with Crippen LogP contribution in [0.4, 0.5) is 0 Å². The fraction of sp³-hybridized carbons (Fsp3) is 0.462. The summed E-state index contributed by atoms with van der Waals surface area (Å²) in [7, 11) is 1.64. The molecule has 4 heteroatoms. The molecular formula is C13H17NO2S. The van der Waals surface area contributed by atoms with Crippen molar-refractivity contribution in [3.63, 3.8) is 0 Å². The molecule has 1 N–H and O–H groups in total. The van der Waals surface area contributed by atoms with E-state index in [0.717, 1.165) is 6.42 Å². The quantitative estimate of drug-likeness (QED) is 0.887. The van der Waals surface area contributed by atoms with Gasteiger partial charge in [0.1, 0.15) is 0 Å². The van der Waals surface area contributed by atoms with E-state index in [1.54, 1.807) is 18.9 Å². The molecule has 3 nitrogen and oxygen atoms in total. The molecule has 17 heavy (non-hydrogen) atoms. The monoisotopic (exact) mass is 251 g/mol. The van der Waals surface area contributed by atoms with Crippen LogP contribution in [0.5, 0.6) is 0 Å². The number of fused-ring (bicyclic) bond motifs is 1. The van der Waals surface area contributed by atoms with Gasteiger partial charge in [0.15, 0.2) is 0 Å². The van der Waals surface area contributed by atoms with Gasteiger partial charge in [0, 0.05) is 18.0 Å². The Morgan fingerprint density at radius 1 is 1.59 bits per heavy atom. The largest absolute Gasteiger partial charge is 0.383 e. The van der Waals surface area contributed by atoms with Crippen LogP contribution in [0.1, 0.15) is 12.5 Å². The second-order valence-electron chi connectivity index (χ2n) is 4.28. The highest BCUT2D eigenvalue weighted by Gasteiger charge is 2.28. The number of rotatable bonds is 4. The summed E-state index contributed by atoms with van der Waals surface area (Å²) < 4.78 is 5.01. The molecule has 1 heterocycles. The van der Waals surface area contributed by atoms with Gasteiger partial charge in [-0.1, -0.05) is 18.2 Å². The van der Waals surface area contributed by atoms with Crippen LogP contribution in [0.15, 0.2) is 29.2 Å². The lowest BCUT2D eigenvalue weighted by molar-refractivity contribution is -0.121. The van der Waals surface area contributed by atoms with Gasteiger partial charge >= 0.3 is 0 Å². The third kappa shape index (κ3) is 3.01. The van der Waals surface area contributed by atoms with E-state index in [4.69, 9.17) is 4.74 Å². The molecule has 0 radical (unpaired) electrons. The molecule has 0 fully saturated rings. The summed E-state index contributed by atoms with van der Waals surface area (Å²) in [5.74, 6) is 0.107. The number of carbonyl (C=O) groups is 1. The molecule has 0 aliphatic carbocycles. The van der Waals surface area contributed by atoms with E-state index in [2.05, 4.69) is 17.4 Å². The molecular weight excluding hydrogens is 234 g/mol. The van der Waals surface area contributed by atoms with Crippen LogP contribution in [0.2, 0.25) is 0 Å². The Morgan fingerprint density at radius 2 is 2.35 bits per heavy atom. The number of ether oxygens (including phenoxy) is 1. The van der Waals surface area contributed by atoms with Crippen molar-refractivity contribution in [2.45, 2.75) is 29.5 Å². The number of carbonyl (C=O) groups excluding carboxylic acids is 1. The molecule has 1 aliphatic heterocycles. The molecule has 1 aliphatic rings. The third-order valence-corrected chi connectivity index (χ3v) is 4.06. The second-order valence-corrected chi connectivity index (χ2v) is 5.53. The fourth-order valence-corrected chi connectivity index (χ4v) is 3.16. The lowest BCUT2D eigenvalue weighted by atomic mass is 10.1. The van der Waals surface area contributed by atoms with Crippen molar-refractivity contribution >= 4 is 17.7 Å². The minimum Gasteiger partial charge on any atom is -0.383 e. The van der Waals surface area contributed by atoms with Crippen LogP contribution in [0.3, 0.4) is 0 Å². The highest BCUT2D eigenvalue weighted by molar-refractivity contribution is 8.01. The Bertz CT molecular complexity index is 383. The van der Waals surface area contributed by atoms with Crippen molar-refractivity contribution in [3.05, 3.63) is 29.8 Å². The van der Waals surface area contributed by atoms with E-state index in [1.807, 2.05) is 19.1 Å². The Labute approximate surface area is 106 Å². The zero-order valence-electron chi connectivity index (χ0n) is 10.1. The van der Waals surface area contributed by atoms with Gasteiger partial charge in [-0.25, -0.2) is 0 Å². The lowest BCUT2D eigenvalue weighted by Gasteiger charge is -2.15. The van der Waals surface area contributed by atoms with Crippen molar-refractivity contribution in [2.75, 3.05) is 13.7 Å². The van der Waals surface area contributed by atoms with Gasteiger partial charge in [0.25, 0.3) is 0 Å². The summed E-state index contributed by atoms with van der Waals surface area (Å²) in [4.78, 5) is 13.2. The van der Waals surface area contributed by atoms with E-state index in [-0.39, 0.29) is 17.2 Å². The van der Waals surface area contributed by atoms with E-state index >= 15 is 0 Å².